The highest BCUT2D eigenvalue weighted by molar-refractivity contribution is 7.89. The van der Waals surface area contributed by atoms with Crippen LogP contribution in [0.4, 0.5) is 11.4 Å². The number of nitro benzene ring substituents is 1. The molecule has 9 nitrogen and oxygen atoms in total. The molecule has 1 saturated heterocycles. The molecule has 2 atom stereocenters. The molecule has 31 heavy (non-hydrogen) atoms. The quantitative estimate of drug-likeness (QED) is 0.414. The van der Waals surface area contributed by atoms with Gasteiger partial charge in [0, 0.05) is 37.1 Å². The number of benzene rings is 1. The number of aromatic nitrogens is 1. The topological polar surface area (TPSA) is 118 Å². The molecule has 10 heteroatoms. The summed E-state index contributed by atoms with van der Waals surface area (Å²) in [7, 11) is -3.96. The van der Waals surface area contributed by atoms with Gasteiger partial charge in [-0.3, -0.25) is 20.5 Å². The summed E-state index contributed by atoms with van der Waals surface area (Å²) in [5, 5.41) is 15.4. The number of hydrazone groups is 1. The van der Waals surface area contributed by atoms with E-state index in [4.69, 9.17) is 0 Å². The number of anilines is 1. The molecule has 1 N–H and O–H groups in total. The largest absolute Gasteiger partial charge is 0.277 e. The van der Waals surface area contributed by atoms with Gasteiger partial charge in [0.2, 0.25) is 10.0 Å². The van der Waals surface area contributed by atoms with Crippen LogP contribution in [0.5, 0.6) is 0 Å². The average molecular weight is 444 g/mol. The van der Waals surface area contributed by atoms with Gasteiger partial charge in [0.1, 0.15) is 4.90 Å². The van der Waals surface area contributed by atoms with Crippen LogP contribution >= 0.6 is 0 Å². The molecule has 0 radical (unpaired) electrons. The van der Waals surface area contributed by atoms with Crippen LogP contribution in [-0.2, 0) is 10.0 Å². The molecule has 0 amide bonds. The normalized spacial score (nSPS) is 25.2. The van der Waals surface area contributed by atoms with Crippen molar-refractivity contribution in [3.05, 3.63) is 58.4 Å². The first-order valence-corrected chi connectivity index (χ1v) is 11.5. The van der Waals surface area contributed by atoms with Crippen molar-refractivity contribution < 1.29 is 13.3 Å². The second-order valence-electron chi connectivity index (χ2n) is 9.14. The lowest BCUT2D eigenvalue weighted by Gasteiger charge is -2.42. The number of nitro groups is 1. The first-order chi connectivity index (χ1) is 14.5. The minimum absolute atomic E-state index is 0.0439. The van der Waals surface area contributed by atoms with Gasteiger partial charge in [0.05, 0.1) is 16.8 Å². The zero-order valence-electron chi connectivity index (χ0n) is 17.6. The predicted octanol–water partition coefficient (Wildman–Crippen LogP) is 3.64. The molecule has 1 aromatic heterocycles. The molecule has 1 aliphatic heterocycles. The number of pyridine rings is 1. The van der Waals surface area contributed by atoms with Crippen molar-refractivity contribution in [2.75, 3.05) is 12.0 Å². The van der Waals surface area contributed by atoms with Gasteiger partial charge in [-0.2, -0.15) is 9.41 Å². The van der Waals surface area contributed by atoms with Crippen LogP contribution in [0.25, 0.3) is 0 Å². The third kappa shape index (κ3) is 3.70. The Hall–Kier alpha value is -2.85. The smallest absolute Gasteiger partial charge is 0.270 e. The number of hydrogen-bond donors (Lipinski definition) is 1. The molecule has 2 aliphatic rings. The SMILES string of the molecule is CC1(C)C[C@H]2C[C@@]1(C)CN2S(=O)(=O)c1cc([N+](=O)[O-])ccc1N/N=C\c1ccncc1. The maximum Gasteiger partial charge on any atom is 0.270 e. The third-order valence-electron chi connectivity index (χ3n) is 6.85. The highest BCUT2D eigenvalue weighted by atomic mass is 32.2. The monoisotopic (exact) mass is 443 g/mol. The third-order valence-corrected chi connectivity index (χ3v) is 8.78. The predicted molar refractivity (Wildman–Crippen MR) is 117 cm³/mol. The van der Waals surface area contributed by atoms with Crippen LogP contribution in [0.2, 0.25) is 0 Å². The average Bonchev–Trinajstić information content (AvgIpc) is 3.17. The van der Waals surface area contributed by atoms with E-state index in [0.717, 1.165) is 24.5 Å². The van der Waals surface area contributed by atoms with E-state index in [-0.39, 0.29) is 33.1 Å². The Morgan fingerprint density at radius 3 is 2.52 bits per heavy atom. The Balaban J connectivity index is 1.68. The molecular formula is C21H25N5O4S. The van der Waals surface area contributed by atoms with Crippen LogP contribution in [0.3, 0.4) is 0 Å². The number of nitrogens with one attached hydrogen (secondary N) is 1. The maximum atomic E-state index is 13.6. The van der Waals surface area contributed by atoms with Crippen molar-refractivity contribution in [3.63, 3.8) is 0 Å². The van der Waals surface area contributed by atoms with Gasteiger partial charge >= 0.3 is 0 Å². The fourth-order valence-electron chi connectivity index (χ4n) is 4.62. The molecule has 1 saturated carbocycles. The summed E-state index contributed by atoms with van der Waals surface area (Å²) in [6.45, 7) is 6.86. The van der Waals surface area contributed by atoms with Crippen LogP contribution in [0.15, 0.2) is 52.7 Å². The minimum Gasteiger partial charge on any atom is -0.277 e. The summed E-state index contributed by atoms with van der Waals surface area (Å²) >= 11 is 0. The van der Waals surface area contributed by atoms with E-state index >= 15 is 0 Å². The number of rotatable bonds is 6. The maximum absolute atomic E-state index is 13.6. The molecule has 1 aromatic carbocycles. The Morgan fingerprint density at radius 2 is 1.94 bits per heavy atom. The summed E-state index contributed by atoms with van der Waals surface area (Å²) in [4.78, 5) is 14.5. The molecule has 0 unspecified atom stereocenters. The highest BCUT2D eigenvalue weighted by Crippen LogP contribution is 2.60. The van der Waals surface area contributed by atoms with Crippen LogP contribution in [-0.4, -0.2) is 41.4 Å². The standard InChI is InChI=1S/C21H25N5O4S/c1-20(2)11-17-12-21(20,3)14-25(17)31(29,30)19-10-16(26(27)28)4-5-18(19)24-23-13-15-6-8-22-9-7-15/h4-10,13,17,24H,11-12,14H2,1-3H3/b23-13-/t17-,21-/m0/s1. The molecule has 1 aliphatic carbocycles. The van der Waals surface area contributed by atoms with E-state index in [2.05, 4.69) is 36.3 Å². The van der Waals surface area contributed by atoms with Gasteiger partial charge in [-0.25, -0.2) is 8.42 Å². The van der Waals surface area contributed by atoms with Gasteiger partial charge in [0.15, 0.2) is 0 Å². The number of fused-ring (bicyclic) bond motifs is 2. The summed E-state index contributed by atoms with van der Waals surface area (Å²) in [5.74, 6) is 0. The van der Waals surface area contributed by atoms with Gasteiger partial charge < -0.3 is 0 Å². The molecule has 4 rings (SSSR count). The van der Waals surface area contributed by atoms with Crippen molar-refractivity contribution in [2.24, 2.45) is 15.9 Å². The number of sulfonamides is 1. The fourth-order valence-corrected chi connectivity index (χ4v) is 6.53. The van der Waals surface area contributed by atoms with Crippen molar-refractivity contribution in [2.45, 2.75) is 44.6 Å². The molecule has 2 fully saturated rings. The lowest BCUT2D eigenvalue weighted by Crippen LogP contribution is -2.46. The minimum atomic E-state index is -3.96. The van der Waals surface area contributed by atoms with Crippen molar-refractivity contribution >= 4 is 27.6 Å². The summed E-state index contributed by atoms with van der Waals surface area (Å²) in [6, 6.07) is 7.15. The second-order valence-corrected chi connectivity index (χ2v) is 11.0. The molecule has 0 spiro atoms. The molecule has 164 valence electrons. The summed E-state index contributed by atoms with van der Waals surface area (Å²) < 4.78 is 28.7. The van der Waals surface area contributed by atoms with Gasteiger partial charge in [-0.05, 0) is 47.4 Å². The van der Waals surface area contributed by atoms with Crippen LogP contribution in [0.1, 0.15) is 39.2 Å². The van der Waals surface area contributed by atoms with Gasteiger partial charge in [-0.1, -0.05) is 20.8 Å². The first kappa shape index (κ1) is 21.4. The number of hydrogen-bond acceptors (Lipinski definition) is 7. The van der Waals surface area contributed by atoms with Crippen LogP contribution < -0.4 is 5.43 Å². The van der Waals surface area contributed by atoms with Gasteiger partial charge in [0.25, 0.3) is 5.69 Å². The lowest BCUT2D eigenvalue weighted by atomic mass is 9.69. The Morgan fingerprint density at radius 1 is 1.23 bits per heavy atom. The Kier molecular flexibility index (Phi) is 5.09. The second kappa shape index (κ2) is 7.38. The molecule has 2 aromatic rings. The summed E-state index contributed by atoms with van der Waals surface area (Å²) in [5.41, 5.74) is 3.36. The highest BCUT2D eigenvalue weighted by Gasteiger charge is 2.60. The number of piperidine rings is 1. The molecular weight excluding hydrogens is 418 g/mol. The van der Waals surface area contributed by atoms with Crippen molar-refractivity contribution in [1.82, 2.24) is 9.29 Å². The Bertz CT molecular complexity index is 1150. The fraction of sp³-hybridized carbons (Fsp3) is 0.429. The zero-order valence-corrected chi connectivity index (χ0v) is 18.5. The molecule has 2 heterocycles. The zero-order chi connectivity index (χ0) is 22.4. The summed E-state index contributed by atoms with van der Waals surface area (Å²) in [6.07, 6.45) is 6.32. The van der Waals surface area contributed by atoms with E-state index in [9.17, 15) is 18.5 Å². The van der Waals surface area contributed by atoms with Gasteiger partial charge in [-0.15, -0.1) is 0 Å². The van der Waals surface area contributed by atoms with Crippen molar-refractivity contribution in [1.29, 1.82) is 0 Å². The first-order valence-electron chi connectivity index (χ1n) is 10.0. The molecule has 2 bridgehead atoms. The van der Waals surface area contributed by atoms with E-state index in [1.165, 1.54) is 22.7 Å². The van der Waals surface area contributed by atoms with Crippen LogP contribution in [0, 0.1) is 20.9 Å². The Labute approximate surface area is 181 Å². The van der Waals surface area contributed by atoms with E-state index < -0.39 is 14.9 Å². The number of non-ortho nitro benzene ring substituents is 1. The van der Waals surface area contributed by atoms with E-state index in [0.29, 0.717) is 6.54 Å². The number of nitrogens with zero attached hydrogens (tertiary/aromatic N) is 4. The van der Waals surface area contributed by atoms with Crippen molar-refractivity contribution in [3.8, 4) is 0 Å². The van der Waals surface area contributed by atoms with E-state index in [1.54, 1.807) is 24.5 Å². The lowest BCUT2D eigenvalue weighted by molar-refractivity contribution is -0.385. The van der Waals surface area contributed by atoms with E-state index in [1.807, 2.05) is 0 Å².